The first-order chi connectivity index (χ1) is 17.9. The monoisotopic (exact) mass is 501 g/mol. The van der Waals surface area contributed by atoms with Crippen LogP contribution in [0, 0.1) is 13.8 Å². The Hall–Kier alpha value is -3.45. The number of methoxy groups -OCH3 is 1. The Bertz CT molecular complexity index is 1190. The van der Waals surface area contributed by atoms with Crippen molar-refractivity contribution in [3.63, 3.8) is 0 Å². The van der Waals surface area contributed by atoms with E-state index in [9.17, 15) is 4.79 Å². The van der Waals surface area contributed by atoms with Crippen LogP contribution in [0.1, 0.15) is 58.9 Å². The highest BCUT2D eigenvalue weighted by Gasteiger charge is 2.28. The summed E-state index contributed by atoms with van der Waals surface area (Å²) >= 11 is 0. The van der Waals surface area contributed by atoms with Crippen LogP contribution in [0.3, 0.4) is 0 Å². The Morgan fingerprint density at radius 1 is 1.11 bits per heavy atom. The number of nitrogens with zero attached hydrogens (tertiary/aromatic N) is 4. The summed E-state index contributed by atoms with van der Waals surface area (Å²) in [4.78, 5) is 25.9. The minimum Gasteiger partial charge on any atom is -0.497 e. The number of carbonyl (C=O) groups is 1. The zero-order valence-electron chi connectivity index (χ0n) is 22.5. The van der Waals surface area contributed by atoms with Gasteiger partial charge in [-0.05, 0) is 99.5 Å². The first kappa shape index (κ1) is 26.6. The fourth-order valence-electron chi connectivity index (χ4n) is 5.36. The van der Waals surface area contributed by atoms with E-state index in [0.29, 0.717) is 17.6 Å². The summed E-state index contributed by atoms with van der Waals surface area (Å²) in [5.74, 6) is 0.476. The first-order valence-electron chi connectivity index (χ1n) is 13.2. The molecule has 0 bridgehead atoms. The van der Waals surface area contributed by atoms with Crippen molar-refractivity contribution in [3.8, 4) is 5.75 Å². The number of nitrogens with two attached hydrogens (primary N) is 1. The van der Waals surface area contributed by atoms with Crippen molar-refractivity contribution in [2.24, 2.45) is 5.73 Å². The Balaban J connectivity index is 1.42. The normalized spacial score (nSPS) is 15.4. The molecule has 1 saturated heterocycles. The third-order valence-electron chi connectivity index (χ3n) is 7.74. The van der Waals surface area contributed by atoms with Gasteiger partial charge in [0, 0.05) is 56.0 Å². The summed E-state index contributed by atoms with van der Waals surface area (Å²) in [5, 5.41) is 0. The van der Waals surface area contributed by atoms with Crippen molar-refractivity contribution in [2.45, 2.75) is 65.1 Å². The Labute approximate surface area is 220 Å². The number of aryl methyl sites for hydroxylation is 3. The zero-order valence-corrected chi connectivity index (χ0v) is 22.5. The van der Waals surface area contributed by atoms with Crippen molar-refractivity contribution in [1.29, 1.82) is 0 Å². The quantitative estimate of drug-likeness (QED) is 0.434. The van der Waals surface area contributed by atoms with Crippen LogP contribution >= 0.6 is 0 Å². The number of hydrogen-bond acceptors (Lipinski definition) is 6. The van der Waals surface area contributed by atoms with Crippen molar-refractivity contribution in [1.82, 2.24) is 14.9 Å². The molecule has 1 aliphatic rings. The number of hydrogen-bond donors (Lipinski definition) is 1. The highest BCUT2D eigenvalue weighted by Crippen LogP contribution is 2.29. The molecule has 1 aromatic carbocycles. The number of amides is 1. The molecule has 7 heteroatoms. The van der Waals surface area contributed by atoms with Gasteiger partial charge >= 0.3 is 0 Å². The number of anilines is 1. The van der Waals surface area contributed by atoms with E-state index >= 15 is 0 Å². The number of carbonyl (C=O) groups excluding carboxylic acids is 1. The molecule has 3 heterocycles. The molecule has 7 nitrogen and oxygen atoms in total. The second-order valence-corrected chi connectivity index (χ2v) is 10.1. The fraction of sp³-hybridized carbons (Fsp3) is 0.433. The average Bonchev–Trinajstić information content (AvgIpc) is 2.91. The van der Waals surface area contributed by atoms with Crippen LogP contribution < -0.4 is 15.4 Å². The van der Waals surface area contributed by atoms with Gasteiger partial charge in [-0.2, -0.15) is 0 Å². The van der Waals surface area contributed by atoms with Crippen molar-refractivity contribution in [3.05, 3.63) is 82.9 Å². The SMILES string of the molecule is COc1ccc(N(Cc2cnccc2C)C2CCN([C@H](C)CCc3nccc(C)c3C(N)=O)CC2)cc1. The highest BCUT2D eigenvalue weighted by atomic mass is 16.5. The Kier molecular flexibility index (Phi) is 8.77. The molecule has 37 heavy (non-hydrogen) atoms. The summed E-state index contributed by atoms with van der Waals surface area (Å²) in [6.45, 7) is 9.26. The van der Waals surface area contributed by atoms with Gasteiger partial charge in [0.15, 0.2) is 0 Å². The smallest absolute Gasteiger partial charge is 0.250 e. The summed E-state index contributed by atoms with van der Waals surface area (Å²) in [7, 11) is 1.70. The van der Waals surface area contributed by atoms with Crippen LogP contribution in [0.15, 0.2) is 55.0 Å². The molecule has 2 aromatic heterocycles. The van der Waals surface area contributed by atoms with Crippen LogP contribution in [-0.4, -0.2) is 53.1 Å². The molecule has 0 unspecified atom stereocenters. The maximum absolute atomic E-state index is 11.9. The maximum Gasteiger partial charge on any atom is 0.250 e. The molecule has 0 spiro atoms. The third kappa shape index (κ3) is 6.46. The molecular formula is C30H39N5O2. The molecule has 1 amide bonds. The number of primary amides is 1. The van der Waals surface area contributed by atoms with Gasteiger partial charge in [0.05, 0.1) is 18.4 Å². The number of likely N-dealkylation sites (tertiary alicyclic amines) is 1. The van der Waals surface area contributed by atoms with Gasteiger partial charge < -0.3 is 20.3 Å². The second-order valence-electron chi connectivity index (χ2n) is 10.1. The molecule has 2 N–H and O–H groups in total. The standard InChI is InChI=1S/C30H39N5O2/c1-21-11-15-32-19-24(21)20-35(25-6-8-27(37-4)9-7-25)26-13-17-34(18-14-26)23(3)5-10-28-29(30(31)36)22(2)12-16-33-28/h6-9,11-12,15-16,19,23,26H,5,10,13-14,17-18,20H2,1-4H3,(H2,31,36)/t23-/m1/s1. The average molecular weight is 502 g/mol. The zero-order chi connectivity index (χ0) is 26.4. The van der Waals surface area contributed by atoms with Crippen molar-refractivity contribution < 1.29 is 9.53 Å². The number of benzene rings is 1. The molecule has 0 saturated carbocycles. The lowest BCUT2D eigenvalue weighted by molar-refractivity contribution is 0.0998. The van der Waals surface area contributed by atoms with Crippen LogP contribution in [0.5, 0.6) is 5.75 Å². The molecule has 196 valence electrons. The minimum atomic E-state index is -0.392. The van der Waals surface area contributed by atoms with E-state index in [-0.39, 0.29) is 0 Å². The predicted octanol–water partition coefficient (Wildman–Crippen LogP) is 4.69. The van der Waals surface area contributed by atoms with E-state index in [0.717, 1.165) is 62.3 Å². The summed E-state index contributed by atoms with van der Waals surface area (Å²) in [6.07, 6.45) is 9.48. The van der Waals surface area contributed by atoms with Gasteiger partial charge in [-0.1, -0.05) is 0 Å². The summed E-state index contributed by atoms with van der Waals surface area (Å²) < 4.78 is 5.39. The fourth-order valence-corrected chi connectivity index (χ4v) is 5.36. The topological polar surface area (TPSA) is 84.6 Å². The lowest BCUT2D eigenvalue weighted by Crippen LogP contribution is -2.47. The van der Waals surface area contributed by atoms with Crippen LogP contribution in [0.2, 0.25) is 0 Å². The van der Waals surface area contributed by atoms with Crippen LogP contribution in [0.25, 0.3) is 0 Å². The van der Waals surface area contributed by atoms with E-state index in [1.165, 1.54) is 16.8 Å². The number of piperidine rings is 1. The van der Waals surface area contributed by atoms with Crippen LogP contribution in [-0.2, 0) is 13.0 Å². The van der Waals surface area contributed by atoms with Gasteiger partial charge in [-0.3, -0.25) is 14.8 Å². The van der Waals surface area contributed by atoms with Gasteiger partial charge in [0.2, 0.25) is 0 Å². The van der Waals surface area contributed by atoms with E-state index < -0.39 is 5.91 Å². The second kappa shape index (κ2) is 12.2. The van der Waals surface area contributed by atoms with Crippen molar-refractivity contribution >= 4 is 11.6 Å². The molecular weight excluding hydrogens is 462 g/mol. The molecule has 4 rings (SSSR count). The van der Waals surface area contributed by atoms with E-state index in [4.69, 9.17) is 10.5 Å². The maximum atomic E-state index is 11.9. The Morgan fingerprint density at radius 3 is 2.46 bits per heavy atom. The molecule has 1 fully saturated rings. The van der Waals surface area contributed by atoms with Gasteiger partial charge in [-0.15, -0.1) is 0 Å². The molecule has 1 atom stereocenters. The largest absolute Gasteiger partial charge is 0.497 e. The van der Waals surface area contributed by atoms with E-state index in [1.54, 1.807) is 13.3 Å². The molecule has 1 aliphatic heterocycles. The number of rotatable bonds is 10. The summed E-state index contributed by atoms with van der Waals surface area (Å²) in [6, 6.07) is 13.2. The predicted molar refractivity (Wildman–Crippen MR) is 148 cm³/mol. The molecule has 3 aromatic rings. The van der Waals surface area contributed by atoms with Gasteiger partial charge in [0.25, 0.3) is 5.91 Å². The molecule has 0 aliphatic carbocycles. The number of pyridine rings is 2. The van der Waals surface area contributed by atoms with Crippen molar-refractivity contribution in [2.75, 3.05) is 25.1 Å². The lowest BCUT2D eigenvalue weighted by atomic mass is 9.97. The first-order valence-corrected chi connectivity index (χ1v) is 13.2. The van der Waals surface area contributed by atoms with Gasteiger partial charge in [0.1, 0.15) is 5.75 Å². The molecule has 0 radical (unpaired) electrons. The van der Waals surface area contributed by atoms with Gasteiger partial charge in [-0.25, -0.2) is 0 Å². The van der Waals surface area contributed by atoms with Crippen LogP contribution in [0.4, 0.5) is 5.69 Å². The Morgan fingerprint density at radius 2 is 1.81 bits per heavy atom. The highest BCUT2D eigenvalue weighted by molar-refractivity contribution is 5.95. The third-order valence-corrected chi connectivity index (χ3v) is 7.74. The van der Waals surface area contributed by atoms with E-state index in [2.05, 4.69) is 51.8 Å². The summed E-state index contributed by atoms with van der Waals surface area (Å²) in [5.41, 5.74) is 11.6. The lowest BCUT2D eigenvalue weighted by Gasteiger charge is -2.42. The minimum absolute atomic E-state index is 0.392. The number of ether oxygens (including phenoxy) is 1. The van der Waals surface area contributed by atoms with E-state index in [1.807, 2.05) is 37.5 Å². The number of aromatic nitrogens is 2.